The van der Waals surface area contributed by atoms with Crippen LogP contribution in [0.25, 0.3) is 0 Å². The predicted molar refractivity (Wildman–Crippen MR) is 81.5 cm³/mol. The van der Waals surface area contributed by atoms with Gasteiger partial charge in [-0.05, 0) is 56.2 Å². The summed E-state index contributed by atoms with van der Waals surface area (Å²) in [5.74, 6) is 0.446. The van der Waals surface area contributed by atoms with Gasteiger partial charge in [-0.25, -0.2) is 0 Å². The fourth-order valence-electron chi connectivity index (χ4n) is 2.65. The number of ether oxygens (including phenoxy) is 2. The molecule has 0 radical (unpaired) electrons. The molecule has 5 heteroatoms. The predicted octanol–water partition coefficient (Wildman–Crippen LogP) is 4.08. The lowest BCUT2D eigenvalue weighted by Crippen LogP contribution is -2.12. The molecule has 1 fully saturated rings. The van der Waals surface area contributed by atoms with Crippen LogP contribution >= 0.6 is 11.6 Å². The van der Waals surface area contributed by atoms with Crippen molar-refractivity contribution in [1.82, 2.24) is 0 Å². The van der Waals surface area contributed by atoms with Crippen LogP contribution in [-0.4, -0.2) is 24.3 Å². The highest BCUT2D eigenvalue weighted by molar-refractivity contribution is 6.32. The molecule has 0 saturated heterocycles. The molecule has 1 aromatic carbocycles. The second kappa shape index (κ2) is 7.55. The SMILES string of the molecule is COc1cc(CCCC(=O)O)cc(Cl)c1OC1CCCC1. The summed E-state index contributed by atoms with van der Waals surface area (Å²) in [5, 5.41) is 9.21. The first kappa shape index (κ1) is 16.0. The number of carboxylic acids is 1. The number of hydrogen-bond acceptors (Lipinski definition) is 3. The van der Waals surface area contributed by atoms with Crippen molar-refractivity contribution in [2.24, 2.45) is 0 Å². The highest BCUT2D eigenvalue weighted by Gasteiger charge is 2.20. The fourth-order valence-corrected chi connectivity index (χ4v) is 2.93. The molecule has 0 aromatic heterocycles. The van der Waals surface area contributed by atoms with Gasteiger partial charge in [-0.3, -0.25) is 4.79 Å². The Hall–Kier alpha value is -1.42. The van der Waals surface area contributed by atoms with Gasteiger partial charge in [0.15, 0.2) is 11.5 Å². The standard InChI is InChI=1S/C16H21ClO4/c1-20-14-10-11(5-4-8-15(18)19)9-13(17)16(14)21-12-6-2-3-7-12/h9-10,12H,2-8H2,1H3,(H,18,19). The van der Waals surface area contributed by atoms with Crippen molar-refractivity contribution < 1.29 is 19.4 Å². The summed E-state index contributed by atoms with van der Waals surface area (Å²) >= 11 is 6.31. The third kappa shape index (κ3) is 4.53. The molecule has 0 bridgehead atoms. The zero-order chi connectivity index (χ0) is 15.2. The van der Waals surface area contributed by atoms with Crippen LogP contribution in [0.4, 0.5) is 0 Å². The normalized spacial score (nSPS) is 15.1. The van der Waals surface area contributed by atoms with Crippen LogP contribution in [-0.2, 0) is 11.2 Å². The van der Waals surface area contributed by atoms with E-state index in [4.69, 9.17) is 26.2 Å². The first-order valence-electron chi connectivity index (χ1n) is 7.35. The lowest BCUT2D eigenvalue weighted by Gasteiger charge is -2.18. The average Bonchev–Trinajstić information content (AvgIpc) is 2.94. The van der Waals surface area contributed by atoms with Gasteiger partial charge in [0.25, 0.3) is 0 Å². The van der Waals surface area contributed by atoms with E-state index in [-0.39, 0.29) is 12.5 Å². The maximum Gasteiger partial charge on any atom is 0.303 e. The average molecular weight is 313 g/mol. The minimum atomic E-state index is -0.783. The van der Waals surface area contributed by atoms with Crippen molar-refractivity contribution in [3.05, 3.63) is 22.7 Å². The smallest absolute Gasteiger partial charge is 0.303 e. The minimum Gasteiger partial charge on any atom is -0.493 e. The number of rotatable bonds is 7. The molecule has 0 heterocycles. The van der Waals surface area contributed by atoms with E-state index in [0.717, 1.165) is 18.4 Å². The van der Waals surface area contributed by atoms with E-state index in [9.17, 15) is 4.79 Å². The van der Waals surface area contributed by atoms with Gasteiger partial charge < -0.3 is 14.6 Å². The lowest BCUT2D eigenvalue weighted by atomic mass is 10.1. The van der Waals surface area contributed by atoms with Gasteiger partial charge in [-0.1, -0.05) is 11.6 Å². The Morgan fingerprint density at radius 3 is 2.71 bits per heavy atom. The van der Waals surface area contributed by atoms with Crippen molar-refractivity contribution in [2.75, 3.05) is 7.11 Å². The van der Waals surface area contributed by atoms with Gasteiger partial charge in [0, 0.05) is 6.42 Å². The summed E-state index contributed by atoms with van der Waals surface area (Å²) in [4.78, 5) is 10.6. The summed E-state index contributed by atoms with van der Waals surface area (Å²) in [5.41, 5.74) is 0.969. The van der Waals surface area contributed by atoms with Crippen molar-refractivity contribution in [3.8, 4) is 11.5 Å². The van der Waals surface area contributed by atoms with Crippen LogP contribution in [0.1, 0.15) is 44.1 Å². The van der Waals surface area contributed by atoms with E-state index in [1.165, 1.54) is 12.8 Å². The first-order valence-corrected chi connectivity index (χ1v) is 7.73. The Labute approximate surface area is 130 Å². The summed E-state index contributed by atoms with van der Waals surface area (Å²) in [6.07, 6.45) is 6.11. The van der Waals surface area contributed by atoms with E-state index >= 15 is 0 Å². The van der Waals surface area contributed by atoms with Crippen LogP contribution in [0.15, 0.2) is 12.1 Å². The maximum absolute atomic E-state index is 10.6. The van der Waals surface area contributed by atoms with Gasteiger partial charge >= 0.3 is 5.97 Å². The second-order valence-corrected chi connectivity index (χ2v) is 5.79. The molecular formula is C16H21ClO4. The molecule has 2 rings (SSSR count). The highest BCUT2D eigenvalue weighted by Crippen LogP contribution is 2.39. The van der Waals surface area contributed by atoms with Crippen LogP contribution in [0.5, 0.6) is 11.5 Å². The second-order valence-electron chi connectivity index (χ2n) is 5.38. The molecule has 1 aliphatic carbocycles. The molecule has 0 unspecified atom stereocenters. The molecule has 21 heavy (non-hydrogen) atoms. The number of methoxy groups -OCH3 is 1. The molecule has 116 valence electrons. The van der Waals surface area contributed by atoms with Crippen LogP contribution in [0, 0.1) is 0 Å². The van der Waals surface area contributed by atoms with Crippen LogP contribution < -0.4 is 9.47 Å². The van der Waals surface area contributed by atoms with E-state index < -0.39 is 5.97 Å². The number of benzene rings is 1. The number of aliphatic carboxylic acids is 1. The van der Waals surface area contributed by atoms with Crippen LogP contribution in [0.3, 0.4) is 0 Å². The minimum absolute atomic E-state index is 0.153. The Morgan fingerprint density at radius 1 is 1.38 bits per heavy atom. The molecule has 1 saturated carbocycles. The highest BCUT2D eigenvalue weighted by atomic mass is 35.5. The van der Waals surface area contributed by atoms with Gasteiger partial charge in [-0.15, -0.1) is 0 Å². The van der Waals surface area contributed by atoms with Crippen molar-refractivity contribution >= 4 is 17.6 Å². The summed E-state index contributed by atoms with van der Waals surface area (Å²) in [6, 6.07) is 3.73. The number of halogens is 1. The maximum atomic E-state index is 10.6. The summed E-state index contributed by atoms with van der Waals surface area (Å²) < 4.78 is 11.4. The van der Waals surface area contributed by atoms with Gasteiger partial charge in [0.1, 0.15) is 0 Å². The molecule has 0 spiro atoms. The Balaban J connectivity index is 2.08. The number of aryl methyl sites for hydroxylation is 1. The summed E-state index contributed by atoms with van der Waals surface area (Å²) in [6.45, 7) is 0. The zero-order valence-electron chi connectivity index (χ0n) is 12.2. The largest absolute Gasteiger partial charge is 0.493 e. The monoisotopic (exact) mass is 312 g/mol. The molecule has 0 aliphatic heterocycles. The Morgan fingerprint density at radius 2 is 2.10 bits per heavy atom. The van der Waals surface area contributed by atoms with Crippen molar-refractivity contribution in [3.63, 3.8) is 0 Å². The molecule has 1 aliphatic rings. The van der Waals surface area contributed by atoms with Gasteiger partial charge in [0.05, 0.1) is 18.2 Å². The van der Waals surface area contributed by atoms with Crippen molar-refractivity contribution in [2.45, 2.75) is 51.0 Å². The third-order valence-corrected chi connectivity index (χ3v) is 4.01. The first-order chi connectivity index (χ1) is 10.1. The Bertz CT molecular complexity index is 495. The molecular weight excluding hydrogens is 292 g/mol. The van der Waals surface area contributed by atoms with Crippen LogP contribution in [0.2, 0.25) is 5.02 Å². The Kier molecular flexibility index (Phi) is 5.74. The van der Waals surface area contributed by atoms with E-state index in [0.29, 0.717) is 29.4 Å². The molecule has 4 nitrogen and oxygen atoms in total. The van der Waals surface area contributed by atoms with E-state index in [2.05, 4.69) is 0 Å². The number of hydrogen-bond donors (Lipinski definition) is 1. The summed E-state index contributed by atoms with van der Waals surface area (Å²) in [7, 11) is 1.59. The number of carboxylic acid groups (broad SMARTS) is 1. The quantitative estimate of drug-likeness (QED) is 0.824. The van der Waals surface area contributed by atoms with Crippen molar-refractivity contribution in [1.29, 1.82) is 0 Å². The molecule has 0 atom stereocenters. The third-order valence-electron chi connectivity index (χ3n) is 3.73. The molecule has 1 N–H and O–H groups in total. The van der Waals surface area contributed by atoms with E-state index in [1.807, 2.05) is 12.1 Å². The molecule has 0 amide bonds. The fraction of sp³-hybridized carbons (Fsp3) is 0.562. The van der Waals surface area contributed by atoms with Gasteiger partial charge in [-0.2, -0.15) is 0 Å². The van der Waals surface area contributed by atoms with E-state index in [1.54, 1.807) is 7.11 Å². The van der Waals surface area contributed by atoms with Gasteiger partial charge in [0.2, 0.25) is 0 Å². The number of carbonyl (C=O) groups is 1. The zero-order valence-corrected chi connectivity index (χ0v) is 13.0. The topological polar surface area (TPSA) is 55.8 Å². The molecule has 1 aromatic rings. The lowest BCUT2D eigenvalue weighted by molar-refractivity contribution is -0.137.